The van der Waals surface area contributed by atoms with Crippen LogP contribution in [0.5, 0.6) is 11.5 Å². The van der Waals surface area contributed by atoms with Crippen molar-refractivity contribution in [3.8, 4) is 11.5 Å². The minimum Gasteiger partial charge on any atom is -0.493 e. The van der Waals surface area contributed by atoms with Crippen LogP contribution in [0, 0.1) is 0 Å². The summed E-state index contributed by atoms with van der Waals surface area (Å²) < 4.78 is 10.4. The molecule has 0 aliphatic heterocycles. The van der Waals surface area contributed by atoms with Gasteiger partial charge in [-0.1, -0.05) is 44.0 Å². The molecule has 94 valence electrons. The van der Waals surface area contributed by atoms with Crippen LogP contribution in [-0.2, 0) is 11.2 Å². The number of carbonyl (C=O) groups is 1. The molecule has 0 saturated carbocycles. The van der Waals surface area contributed by atoms with Crippen molar-refractivity contribution in [2.75, 3.05) is 12.4 Å². The van der Waals surface area contributed by atoms with Crippen molar-refractivity contribution in [1.29, 1.82) is 0 Å². The molecule has 0 bridgehead atoms. The van der Waals surface area contributed by atoms with E-state index in [1.807, 2.05) is 12.1 Å². The first kappa shape index (κ1) is 14.5. The van der Waals surface area contributed by atoms with E-state index >= 15 is 0 Å². The van der Waals surface area contributed by atoms with E-state index in [1.54, 1.807) is 13.2 Å². The average Bonchev–Trinajstić information content (AvgIpc) is 2.30. The first-order valence-electron chi connectivity index (χ1n) is 5.12. The van der Waals surface area contributed by atoms with Crippen molar-refractivity contribution >= 4 is 37.8 Å². The summed E-state index contributed by atoms with van der Waals surface area (Å²) in [7, 11) is 1.56. The predicted octanol–water partition coefficient (Wildman–Crippen LogP) is 3.32. The molecule has 1 aromatic carbocycles. The quantitative estimate of drug-likeness (QED) is 0.456. The summed E-state index contributed by atoms with van der Waals surface area (Å²) in [5.74, 6) is 0.737. The van der Waals surface area contributed by atoms with Gasteiger partial charge in [0, 0.05) is 17.1 Å². The lowest BCUT2D eigenvalue weighted by atomic mass is 10.1. The van der Waals surface area contributed by atoms with Gasteiger partial charge in [0.05, 0.1) is 7.11 Å². The van der Waals surface area contributed by atoms with E-state index in [-0.39, 0.29) is 10.8 Å². The van der Waals surface area contributed by atoms with E-state index < -0.39 is 0 Å². The molecule has 0 aromatic heterocycles. The molecule has 0 radical (unpaired) electrons. The van der Waals surface area contributed by atoms with Crippen LogP contribution in [0.1, 0.15) is 12.5 Å². The maximum Gasteiger partial charge on any atom is 0.308 e. The van der Waals surface area contributed by atoms with E-state index in [1.165, 1.54) is 6.92 Å². The number of carbonyl (C=O) groups excluding carboxylic acids is 1. The fourth-order valence-corrected chi connectivity index (χ4v) is 2.01. The Morgan fingerprint density at radius 1 is 1.47 bits per heavy atom. The van der Waals surface area contributed by atoms with Crippen LogP contribution < -0.4 is 9.47 Å². The topological polar surface area (TPSA) is 35.5 Å². The molecule has 3 nitrogen and oxygen atoms in total. The molecular weight excluding hydrogens is 352 g/mol. The van der Waals surface area contributed by atoms with E-state index in [4.69, 9.17) is 9.47 Å². The third-order valence-corrected chi connectivity index (χ3v) is 4.43. The van der Waals surface area contributed by atoms with Crippen LogP contribution in [-0.4, -0.2) is 23.2 Å². The van der Waals surface area contributed by atoms with Crippen molar-refractivity contribution in [2.45, 2.75) is 18.2 Å². The second-order valence-corrected chi connectivity index (χ2v) is 5.44. The second-order valence-electron chi connectivity index (χ2n) is 3.50. The zero-order valence-corrected chi connectivity index (χ0v) is 12.9. The average molecular weight is 366 g/mol. The molecule has 1 atom stereocenters. The molecule has 5 heteroatoms. The fraction of sp³-hybridized carbons (Fsp3) is 0.417. The van der Waals surface area contributed by atoms with Crippen LogP contribution in [0.3, 0.4) is 0 Å². The molecule has 0 spiro atoms. The Kier molecular flexibility index (Phi) is 5.98. The summed E-state index contributed by atoms with van der Waals surface area (Å²) >= 11 is 6.93. The molecule has 0 amide bonds. The van der Waals surface area contributed by atoms with Crippen molar-refractivity contribution < 1.29 is 14.3 Å². The van der Waals surface area contributed by atoms with E-state index in [0.717, 1.165) is 17.3 Å². The van der Waals surface area contributed by atoms with E-state index in [9.17, 15) is 4.79 Å². The third-order valence-electron chi connectivity index (χ3n) is 2.13. The Hall–Kier alpha value is -0.550. The molecule has 0 unspecified atom stereocenters. The Morgan fingerprint density at radius 3 is 2.71 bits per heavy atom. The molecule has 0 N–H and O–H groups in total. The fourth-order valence-electron chi connectivity index (χ4n) is 1.44. The van der Waals surface area contributed by atoms with Gasteiger partial charge in [0.1, 0.15) is 0 Å². The zero-order chi connectivity index (χ0) is 12.8. The summed E-state index contributed by atoms with van der Waals surface area (Å²) in [5, 5.41) is 0.823. The van der Waals surface area contributed by atoms with Crippen molar-refractivity contribution in [1.82, 2.24) is 0 Å². The molecule has 0 saturated heterocycles. The standard InChI is InChI=1S/C12H14Br2O3/c1-8(15)17-12-9(6-10(14)7-13)4-3-5-11(12)16-2/h3-5,10H,6-7H2,1-2H3/t10-/m0/s1. The smallest absolute Gasteiger partial charge is 0.308 e. The Balaban J connectivity index is 3.05. The monoisotopic (exact) mass is 364 g/mol. The highest BCUT2D eigenvalue weighted by Gasteiger charge is 2.15. The Bertz CT molecular complexity index is 393. The zero-order valence-electron chi connectivity index (χ0n) is 9.70. The SMILES string of the molecule is COc1cccc(C[C@H](Br)CBr)c1OC(C)=O. The molecule has 0 heterocycles. The van der Waals surface area contributed by atoms with Crippen molar-refractivity contribution in [2.24, 2.45) is 0 Å². The lowest BCUT2D eigenvalue weighted by Crippen LogP contribution is -2.09. The number of ether oxygens (including phenoxy) is 2. The Morgan fingerprint density at radius 2 is 2.18 bits per heavy atom. The summed E-state index contributed by atoms with van der Waals surface area (Å²) in [6.07, 6.45) is 0.755. The molecular formula is C12H14Br2O3. The van der Waals surface area contributed by atoms with Crippen LogP contribution in [0.25, 0.3) is 0 Å². The minimum absolute atomic E-state index is 0.281. The van der Waals surface area contributed by atoms with Crippen LogP contribution in [0.15, 0.2) is 18.2 Å². The summed E-state index contributed by atoms with van der Waals surface area (Å²) in [6.45, 7) is 1.38. The first-order valence-corrected chi connectivity index (χ1v) is 7.16. The van der Waals surface area contributed by atoms with Crippen molar-refractivity contribution in [3.63, 3.8) is 0 Å². The number of rotatable bonds is 5. The maximum atomic E-state index is 11.1. The van der Waals surface area contributed by atoms with Gasteiger partial charge in [-0.05, 0) is 18.1 Å². The number of benzene rings is 1. The lowest BCUT2D eigenvalue weighted by molar-refractivity contribution is -0.132. The highest BCUT2D eigenvalue weighted by molar-refractivity contribution is 9.12. The number of esters is 1. The van der Waals surface area contributed by atoms with Gasteiger partial charge >= 0.3 is 5.97 Å². The first-order chi connectivity index (χ1) is 8.08. The second kappa shape index (κ2) is 7.01. The van der Waals surface area contributed by atoms with Gasteiger partial charge < -0.3 is 9.47 Å². The molecule has 17 heavy (non-hydrogen) atoms. The molecule has 1 rings (SSSR count). The van der Waals surface area contributed by atoms with Crippen molar-refractivity contribution in [3.05, 3.63) is 23.8 Å². The van der Waals surface area contributed by atoms with Crippen LogP contribution in [0.4, 0.5) is 0 Å². The highest BCUT2D eigenvalue weighted by Crippen LogP contribution is 2.33. The predicted molar refractivity (Wildman–Crippen MR) is 74.5 cm³/mol. The third kappa shape index (κ3) is 4.32. The van der Waals surface area contributed by atoms with E-state index in [0.29, 0.717) is 11.5 Å². The summed E-state index contributed by atoms with van der Waals surface area (Å²) in [6, 6.07) is 5.59. The van der Waals surface area contributed by atoms with Gasteiger partial charge in [-0.3, -0.25) is 4.79 Å². The number of hydrogen-bond acceptors (Lipinski definition) is 3. The lowest BCUT2D eigenvalue weighted by Gasteiger charge is -2.14. The van der Waals surface area contributed by atoms with Gasteiger partial charge in [0.2, 0.25) is 0 Å². The Labute approximate surface area is 118 Å². The number of hydrogen-bond donors (Lipinski definition) is 0. The molecule has 0 aliphatic rings. The highest BCUT2D eigenvalue weighted by atomic mass is 79.9. The van der Waals surface area contributed by atoms with Crippen LogP contribution >= 0.6 is 31.9 Å². The molecule has 1 aromatic rings. The number of alkyl halides is 2. The van der Waals surface area contributed by atoms with E-state index in [2.05, 4.69) is 31.9 Å². The minimum atomic E-state index is -0.347. The van der Waals surface area contributed by atoms with Gasteiger partial charge in [-0.2, -0.15) is 0 Å². The van der Waals surface area contributed by atoms with Crippen LogP contribution in [0.2, 0.25) is 0 Å². The van der Waals surface area contributed by atoms with Gasteiger partial charge in [0.25, 0.3) is 0 Å². The number of para-hydroxylation sites is 1. The molecule has 0 aliphatic carbocycles. The van der Waals surface area contributed by atoms with Gasteiger partial charge in [-0.15, -0.1) is 0 Å². The van der Waals surface area contributed by atoms with Gasteiger partial charge in [0.15, 0.2) is 11.5 Å². The maximum absolute atomic E-state index is 11.1. The largest absolute Gasteiger partial charge is 0.493 e. The number of halogens is 2. The summed E-state index contributed by atoms with van der Waals surface area (Å²) in [5.41, 5.74) is 0.945. The normalized spacial score (nSPS) is 12.0. The molecule has 0 fully saturated rings. The number of methoxy groups -OCH3 is 1. The van der Waals surface area contributed by atoms with Gasteiger partial charge in [-0.25, -0.2) is 0 Å². The summed E-state index contributed by atoms with van der Waals surface area (Å²) in [4.78, 5) is 11.4.